The van der Waals surface area contributed by atoms with Crippen LogP contribution < -0.4 is 14.8 Å². The minimum Gasteiger partial charge on any atom is -0.486 e. The second-order valence-electron chi connectivity index (χ2n) is 4.21. The van der Waals surface area contributed by atoms with Crippen molar-refractivity contribution in [3.05, 3.63) is 22.2 Å². The summed E-state index contributed by atoms with van der Waals surface area (Å²) in [7, 11) is 0. The molecule has 5 heteroatoms. The zero-order valence-corrected chi connectivity index (χ0v) is 11.8. The van der Waals surface area contributed by atoms with Gasteiger partial charge in [0.2, 0.25) is 0 Å². The van der Waals surface area contributed by atoms with Crippen LogP contribution in [0.5, 0.6) is 11.5 Å². The SMILES string of the molecule is OCCCCNCc1cc(Br)c2c(c1)OCCO2. The van der Waals surface area contributed by atoms with Gasteiger partial charge in [-0.1, -0.05) is 0 Å². The van der Waals surface area contributed by atoms with Crippen molar-refractivity contribution in [3.8, 4) is 11.5 Å². The Morgan fingerprint density at radius 2 is 2.06 bits per heavy atom. The summed E-state index contributed by atoms with van der Waals surface area (Å²) in [6, 6.07) is 4.06. The minimum atomic E-state index is 0.261. The van der Waals surface area contributed by atoms with Gasteiger partial charge in [0.05, 0.1) is 4.47 Å². The first-order valence-electron chi connectivity index (χ1n) is 6.21. The molecule has 0 bridgehead atoms. The fourth-order valence-corrected chi connectivity index (χ4v) is 2.46. The molecule has 2 N–H and O–H groups in total. The lowest BCUT2D eigenvalue weighted by Crippen LogP contribution is -2.18. The van der Waals surface area contributed by atoms with Gasteiger partial charge in [0.15, 0.2) is 11.5 Å². The number of ether oxygens (including phenoxy) is 2. The molecule has 1 aliphatic heterocycles. The van der Waals surface area contributed by atoms with Gasteiger partial charge in [-0.15, -0.1) is 0 Å². The van der Waals surface area contributed by atoms with E-state index in [1.54, 1.807) is 0 Å². The van der Waals surface area contributed by atoms with Crippen LogP contribution in [-0.4, -0.2) is 31.5 Å². The zero-order chi connectivity index (χ0) is 12.8. The predicted octanol–water partition coefficient (Wildman–Crippen LogP) is 2.08. The highest BCUT2D eigenvalue weighted by molar-refractivity contribution is 9.10. The number of halogens is 1. The van der Waals surface area contributed by atoms with Crippen molar-refractivity contribution in [2.45, 2.75) is 19.4 Å². The van der Waals surface area contributed by atoms with E-state index in [-0.39, 0.29) is 6.61 Å². The summed E-state index contributed by atoms with van der Waals surface area (Å²) < 4.78 is 12.1. The van der Waals surface area contributed by atoms with Gasteiger partial charge in [0.25, 0.3) is 0 Å². The van der Waals surface area contributed by atoms with Gasteiger partial charge >= 0.3 is 0 Å². The third-order valence-electron chi connectivity index (χ3n) is 2.75. The number of benzene rings is 1. The van der Waals surface area contributed by atoms with E-state index in [0.717, 1.165) is 47.5 Å². The van der Waals surface area contributed by atoms with Crippen molar-refractivity contribution in [3.63, 3.8) is 0 Å². The molecular weight excluding hydrogens is 298 g/mol. The standard InChI is InChI=1S/C13H18BrNO3/c14-11-7-10(9-15-3-1-2-4-16)8-12-13(11)18-6-5-17-12/h7-8,15-16H,1-6,9H2. The van der Waals surface area contributed by atoms with E-state index in [4.69, 9.17) is 14.6 Å². The van der Waals surface area contributed by atoms with Crippen molar-refractivity contribution in [2.75, 3.05) is 26.4 Å². The number of nitrogens with one attached hydrogen (secondary N) is 1. The summed E-state index contributed by atoms with van der Waals surface area (Å²) >= 11 is 3.50. The number of rotatable bonds is 6. The second-order valence-corrected chi connectivity index (χ2v) is 5.06. The summed E-state index contributed by atoms with van der Waals surface area (Å²) in [6.07, 6.45) is 1.83. The smallest absolute Gasteiger partial charge is 0.175 e. The Balaban J connectivity index is 1.91. The Labute approximate surface area is 115 Å². The number of aliphatic hydroxyl groups excluding tert-OH is 1. The Morgan fingerprint density at radius 1 is 1.22 bits per heavy atom. The first-order chi connectivity index (χ1) is 8.81. The summed E-state index contributed by atoms with van der Waals surface area (Å²) in [6.45, 7) is 3.17. The Morgan fingerprint density at radius 3 is 2.89 bits per heavy atom. The molecule has 1 aromatic rings. The van der Waals surface area contributed by atoms with Gasteiger partial charge in [-0.2, -0.15) is 0 Å². The van der Waals surface area contributed by atoms with Crippen LogP contribution in [-0.2, 0) is 6.54 Å². The topological polar surface area (TPSA) is 50.7 Å². The highest BCUT2D eigenvalue weighted by Gasteiger charge is 2.15. The lowest BCUT2D eigenvalue weighted by atomic mass is 10.2. The van der Waals surface area contributed by atoms with Crippen molar-refractivity contribution in [2.24, 2.45) is 0 Å². The first kappa shape index (κ1) is 13.6. The Kier molecular flexibility index (Phi) is 5.28. The van der Waals surface area contributed by atoms with Gasteiger partial charge in [-0.3, -0.25) is 0 Å². The monoisotopic (exact) mass is 315 g/mol. The Bertz CT molecular complexity index is 398. The maximum Gasteiger partial charge on any atom is 0.175 e. The van der Waals surface area contributed by atoms with E-state index in [2.05, 4.69) is 21.2 Å². The van der Waals surface area contributed by atoms with E-state index >= 15 is 0 Å². The normalized spacial score (nSPS) is 13.7. The van der Waals surface area contributed by atoms with Crippen LogP contribution in [0, 0.1) is 0 Å². The number of unbranched alkanes of at least 4 members (excludes halogenated alkanes) is 1. The summed E-state index contributed by atoms with van der Waals surface area (Å²) in [5, 5.41) is 12.0. The van der Waals surface area contributed by atoms with Crippen LogP contribution in [0.25, 0.3) is 0 Å². The van der Waals surface area contributed by atoms with Crippen LogP contribution in [0.15, 0.2) is 16.6 Å². The van der Waals surface area contributed by atoms with Crippen molar-refractivity contribution in [1.82, 2.24) is 5.32 Å². The lowest BCUT2D eigenvalue weighted by Gasteiger charge is -2.20. The second kappa shape index (κ2) is 6.97. The molecule has 4 nitrogen and oxygen atoms in total. The Hall–Kier alpha value is -0.780. The fraction of sp³-hybridized carbons (Fsp3) is 0.538. The molecule has 0 unspecified atom stereocenters. The molecular formula is C13H18BrNO3. The molecule has 0 fully saturated rings. The van der Waals surface area contributed by atoms with Crippen molar-refractivity contribution < 1.29 is 14.6 Å². The number of hydrogen-bond acceptors (Lipinski definition) is 4. The fourth-order valence-electron chi connectivity index (χ4n) is 1.86. The average Bonchev–Trinajstić information content (AvgIpc) is 2.39. The third kappa shape index (κ3) is 3.60. The van der Waals surface area contributed by atoms with E-state index < -0.39 is 0 Å². The molecule has 1 aliphatic rings. The molecule has 0 aliphatic carbocycles. The highest BCUT2D eigenvalue weighted by Crippen LogP contribution is 2.38. The third-order valence-corrected chi connectivity index (χ3v) is 3.34. The largest absolute Gasteiger partial charge is 0.486 e. The lowest BCUT2D eigenvalue weighted by molar-refractivity contribution is 0.170. The van der Waals surface area contributed by atoms with E-state index in [9.17, 15) is 0 Å². The molecule has 18 heavy (non-hydrogen) atoms. The van der Waals surface area contributed by atoms with Gasteiger partial charge < -0.3 is 19.9 Å². The van der Waals surface area contributed by atoms with Gasteiger partial charge in [-0.25, -0.2) is 0 Å². The first-order valence-corrected chi connectivity index (χ1v) is 7.00. The molecule has 0 spiro atoms. The van der Waals surface area contributed by atoms with Gasteiger partial charge in [0, 0.05) is 13.2 Å². The predicted molar refractivity (Wildman–Crippen MR) is 73.2 cm³/mol. The van der Waals surface area contributed by atoms with E-state index in [1.807, 2.05) is 12.1 Å². The van der Waals surface area contributed by atoms with Crippen LogP contribution in [0.4, 0.5) is 0 Å². The van der Waals surface area contributed by atoms with Gasteiger partial charge in [0.1, 0.15) is 13.2 Å². The zero-order valence-electron chi connectivity index (χ0n) is 10.2. The molecule has 0 radical (unpaired) electrons. The van der Waals surface area contributed by atoms with E-state index in [1.165, 1.54) is 0 Å². The summed E-state index contributed by atoms with van der Waals surface area (Å²) in [5.41, 5.74) is 1.16. The number of fused-ring (bicyclic) bond motifs is 1. The molecule has 1 aromatic carbocycles. The maximum atomic E-state index is 8.69. The molecule has 0 aromatic heterocycles. The molecule has 100 valence electrons. The molecule has 0 amide bonds. The van der Waals surface area contributed by atoms with Crippen LogP contribution in [0.2, 0.25) is 0 Å². The van der Waals surface area contributed by atoms with Crippen LogP contribution in [0.3, 0.4) is 0 Å². The minimum absolute atomic E-state index is 0.261. The quantitative estimate of drug-likeness (QED) is 0.789. The van der Waals surface area contributed by atoms with E-state index in [0.29, 0.717) is 13.2 Å². The highest BCUT2D eigenvalue weighted by atomic mass is 79.9. The number of aliphatic hydroxyl groups is 1. The van der Waals surface area contributed by atoms with Crippen molar-refractivity contribution in [1.29, 1.82) is 0 Å². The number of hydrogen-bond donors (Lipinski definition) is 2. The molecule has 0 saturated carbocycles. The molecule has 1 heterocycles. The van der Waals surface area contributed by atoms with Crippen molar-refractivity contribution >= 4 is 15.9 Å². The summed E-state index contributed by atoms with van der Waals surface area (Å²) in [5.74, 6) is 1.60. The average molecular weight is 316 g/mol. The molecule has 2 rings (SSSR count). The van der Waals surface area contributed by atoms with Gasteiger partial charge in [-0.05, 0) is 53.0 Å². The summed E-state index contributed by atoms with van der Waals surface area (Å²) in [4.78, 5) is 0. The molecule has 0 atom stereocenters. The van der Waals surface area contributed by atoms with Crippen LogP contribution >= 0.6 is 15.9 Å². The maximum absolute atomic E-state index is 8.69. The molecule has 0 saturated heterocycles. The van der Waals surface area contributed by atoms with Crippen LogP contribution in [0.1, 0.15) is 18.4 Å².